The molecule has 0 bridgehead atoms. The molecule has 4 aromatic rings. The summed E-state index contributed by atoms with van der Waals surface area (Å²) in [6, 6.07) is 19.0. The van der Waals surface area contributed by atoms with Gasteiger partial charge in [0.25, 0.3) is 5.91 Å². The number of carbonyl (C=O) groups excluding carboxylic acids is 1. The maximum Gasteiger partial charge on any atom is 0.347 e. The molecule has 0 unspecified atom stereocenters. The zero-order chi connectivity index (χ0) is 20.4. The molecular formula is C22H15BrN2O4. The summed E-state index contributed by atoms with van der Waals surface area (Å²) >= 11 is 3.37. The number of ether oxygens (including phenoxy) is 1. The van der Waals surface area contributed by atoms with Gasteiger partial charge in [-0.25, -0.2) is 9.78 Å². The minimum absolute atomic E-state index is 0.192. The van der Waals surface area contributed by atoms with Crippen molar-refractivity contribution in [3.05, 3.63) is 87.2 Å². The van der Waals surface area contributed by atoms with Gasteiger partial charge in [0.15, 0.2) is 0 Å². The summed E-state index contributed by atoms with van der Waals surface area (Å²) in [5.41, 5.74) is 1.71. The molecule has 0 fully saturated rings. The number of halogens is 1. The van der Waals surface area contributed by atoms with Gasteiger partial charge in [0, 0.05) is 16.8 Å². The topological polar surface area (TPSA) is 81.4 Å². The fraction of sp³-hybridized carbons (Fsp3) is 0.0455. The average Bonchev–Trinajstić information content (AvgIpc) is 2.74. The summed E-state index contributed by atoms with van der Waals surface area (Å²) in [6.45, 7) is 0. The number of hydrogen-bond acceptors (Lipinski definition) is 5. The van der Waals surface area contributed by atoms with Crippen molar-refractivity contribution in [3.8, 4) is 17.2 Å². The Morgan fingerprint density at radius 2 is 1.90 bits per heavy atom. The molecule has 4 rings (SSSR count). The number of nitrogens with one attached hydrogen (secondary N) is 1. The summed E-state index contributed by atoms with van der Waals surface area (Å²) in [4.78, 5) is 29.2. The van der Waals surface area contributed by atoms with Gasteiger partial charge in [0.05, 0.1) is 22.5 Å². The molecule has 0 atom stereocenters. The molecular weight excluding hydrogens is 436 g/mol. The smallest absolute Gasteiger partial charge is 0.347 e. The Labute approximate surface area is 174 Å². The lowest BCUT2D eigenvalue weighted by Crippen LogP contribution is -2.12. The molecule has 29 heavy (non-hydrogen) atoms. The summed E-state index contributed by atoms with van der Waals surface area (Å²) in [5.74, 6) is 0.552. The van der Waals surface area contributed by atoms with Gasteiger partial charge >= 0.3 is 5.63 Å². The molecule has 144 valence electrons. The lowest BCUT2D eigenvalue weighted by molar-refractivity contribution is 0.102. The van der Waals surface area contributed by atoms with E-state index in [1.807, 2.05) is 6.07 Å². The van der Waals surface area contributed by atoms with E-state index >= 15 is 0 Å². The van der Waals surface area contributed by atoms with Crippen LogP contribution in [-0.4, -0.2) is 18.0 Å². The first kappa shape index (κ1) is 18.9. The average molecular weight is 451 g/mol. The fourth-order valence-corrected chi connectivity index (χ4v) is 3.42. The van der Waals surface area contributed by atoms with Gasteiger partial charge in [0.2, 0.25) is 5.89 Å². The molecule has 0 spiro atoms. The van der Waals surface area contributed by atoms with Crippen molar-refractivity contribution in [3.63, 3.8) is 0 Å². The van der Waals surface area contributed by atoms with E-state index < -0.39 is 5.63 Å². The van der Waals surface area contributed by atoms with E-state index in [4.69, 9.17) is 9.15 Å². The van der Waals surface area contributed by atoms with Crippen LogP contribution in [0.25, 0.3) is 22.4 Å². The molecule has 0 aliphatic heterocycles. The molecule has 0 aliphatic rings. The third kappa shape index (κ3) is 3.90. The predicted octanol–water partition coefficient (Wildman–Crippen LogP) is 4.88. The molecule has 1 heterocycles. The second-order valence-corrected chi connectivity index (χ2v) is 7.06. The third-order valence-corrected chi connectivity index (χ3v) is 4.94. The largest absolute Gasteiger partial charge is 0.496 e. The SMILES string of the molecule is COc1ccc(C(=O)Nc2cccc(-c3nc4ccccc4c(=O)o3)c2)cc1Br. The zero-order valence-electron chi connectivity index (χ0n) is 15.3. The number of aromatic nitrogens is 1. The molecule has 0 aliphatic carbocycles. The van der Waals surface area contributed by atoms with E-state index in [2.05, 4.69) is 26.2 Å². The second-order valence-electron chi connectivity index (χ2n) is 6.21. The van der Waals surface area contributed by atoms with Gasteiger partial charge in [-0.2, -0.15) is 0 Å². The summed E-state index contributed by atoms with van der Waals surface area (Å²) in [7, 11) is 1.56. The van der Waals surface area contributed by atoms with Crippen LogP contribution >= 0.6 is 15.9 Å². The van der Waals surface area contributed by atoms with Crippen LogP contribution in [-0.2, 0) is 0 Å². The second kappa shape index (κ2) is 7.89. The van der Waals surface area contributed by atoms with E-state index in [1.165, 1.54) is 0 Å². The van der Waals surface area contributed by atoms with Crippen molar-refractivity contribution in [2.75, 3.05) is 12.4 Å². The highest BCUT2D eigenvalue weighted by atomic mass is 79.9. The highest BCUT2D eigenvalue weighted by Gasteiger charge is 2.12. The maximum absolute atomic E-state index is 12.6. The van der Waals surface area contributed by atoms with Crippen molar-refractivity contribution < 1.29 is 13.9 Å². The number of anilines is 1. The zero-order valence-corrected chi connectivity index (χ0v) is 16.9. The van der Waals surface area contributed by atoms with E-state index in [0.717, 1.165) is 0 Å². The number of carbonyl (C=O) groups is 1. The number of amides is 1. The number of benzene rings is 3. The first-order valence-corrected chi connectivity index (χ1v) is 9.49. The van der Waals surface area contributed by atoms with Crippen molar-refractivity contribution in [1.82, 2.24) is 4.98 Å². The van der Waals surface area contributed by atoms with Crippen LogP contribution in [0.15, 0.2) is 80.4 Å². The molecule has 1 amide bonds. The highest BCUT2D eigenvalue weighted by Crippen LogP contribution is 2.26. The summed E-state index contributed by atoms with van der Waals surface area (Å²) < 4.78 is 11.2. The lowest BCUT2D eigenvalue weighted by atomic mass is 10.1. The molecule has 1 N–H and O–H groups in total. The van der Waals surface area contributed by atoms with Crippen LogP contribution in [0.1, 0.15) is 10.4 Å². The Balaban J connectivity index is 1.63. The number of para-hydroxylation sites is 1. The van der Waals surface area contributed by atoms with Gasteiger partial charge in [-0.3, -0.25) is 4.79 Å². The molecule has 0 saturated carbocycles. The third-order valence-electron chi connectivity index (χ3n) is 4.32. The van der Waals surface area contributed by atoms with Gasteiger partial charge in [-0.15, -0.1) is 0 Å². The summed E-state index contributed by atoms with van der Waals surface area (Å²) in [6.07, 6.45) is 0. The van der Waals surface area contributed by atoms with Crippen LogP contribution in [0.3, 0.4) is 0 Å². The Bertz CT molecular complexity index is 1280. The molecule has 3 aromatic carbocycles. The van der Waals surface area contributed by atoms with Crippen LogP contribution in [0.4, 0.5) is 5.69 Å². The standard InChI is InChI=1S/C22H15BrN2O4/c1-28-19-10-9-13(12-17(19)23)20(26)24-15-6-4-5-14(11-15)21-25-18-8-3-2-7-16(18)22(27)29-21/h2-12H,1H3,(H,24,26). The maximum atomic E-state index is 12.6. The normalized spacial score (nSPS) is 10.7. The van der Waals surface area contributed by atoms with E-state index in [0.29, 0.717) is 37.9 Å². The number of fused-ring (bicyclic) bond motifs is 1. The van der Waals surface area contributed by atoms with Crippen molar-refractivity contribution >= 4 is 38.4 Å². The Morgan fingerprint density at radius 1 is 1.07 bits per heavy atom. The van der Waals surface area contributed by atoms with Crippen LogP contribution in [0.5, 0.6) is 5.75 Å². The summed E-state index contributed by atoms with van der Waals surface area (Å²) in [5, 5.41) is 3.26. The lowest BCUT2D eigenvalue weighted by Gasteiger charge is -2.09. The monoisotopic (exact) mass is 450 g/mol. The van der Waals surface area contributed by atoms with Gasteiger partial charge in [-0.05, 0) is 64.5 Å². The molecule has 1 aromatic heterocycles. The predicted molar refractivity (Wildman–Crippen MR) is 114 cm³/mol. The van der Waals surface area contributed by atoms with Gasteiger partial charge in [-0.1, -0.05) is 18.2 Å². The Hall–Kier alpha value is -3.45. The van der Waals surface area contributed by atoms with E-state index in [1.54, 1.807) is 67.8 Å². The number of methoxy groups -OCH3 is 1. The molecule has 6 nitrogen and oxygen atoms in total. The number of rotatable bonds is 4. The first-order valence-electron chi connectivity index (χ1n) is 8.70. The molecule has 7 heteroatoms. The van der Waals surface area contributed by atoms with Crippen molar-refractivity contribution in [2.24, 2.45) is 0 Å². The Morgan fingerprint density at radius 3 is 2.69 bits per heavy atom. The Kier molecular flexibility index (Phi) is 5.14. The molecule has 0 radical (unpaired) electrons. The van der Waals surface area contributed by atoms with Crippen molar-refractivity contribution in [2.45, 2.75) is 0 Å². The van der Waals surface area contributed by atoms with E-state index in [9.17, 15) is 9.59 Å². The fourth-order valence-electron chi connectivity index (χ4n) is 2.88. The highest BCUT2D eigenvalue weighted by molar-refractivity contribution is 9.10. The minimum Gasteiger partial charge on any atom is -0.496 e. The number of hydrogen-bond donors (Lipinski definition) is 1. The quantitative estimate of drug-likeness (QED) is 0.479. The van der Waals surface area contributed by atoms with E-state index in [-0.39, 0.29) is 11.8 Å². The van der Waals surface area contributed by atoms with Gasteiger partial charge in [0.1, 0.15) is 5.75 Å². The van der Waals surface area contributed by atoms with Crippen molar-refractivity contribution in [1.29, 1.82) is 0 Å². The minimum atomic E-state index is -0.455. The first-order chi connectivity index (χ1) is 14.0. The van der Waals surface area contributed by atoms with Crippen LogP contribution < -0.4 is 15.7 Å². The van der Waals surface area contributed by atoms with Gasteiger partial charge < -0.3 is 14.5 Å². The van der Waals surface area contributed by atoms with Crippen LogP contribution in [0.2, 0.25) is 0 Å². The van der Waals surface area contributed by atoms with Crippen LogP contribution in [0, 0.1) is 0 Å². The molecule has 0 saturated heterocycles. The number of nitrogens with zero attached hydrogens (tertiary/aromatic N) is 1.